The first-order valence-corrected chi connectivity index (χ1v) is 24.8. The number of rotatable bonds is 44. The molecule has 10 nitrogen and oxygen atoms in total. The highest BCUT2D eigenvalue weighted by atomic mass is 31.2. The van der Waals surface area contributed by atoms with Gasteiger partial charge in [0, 0.05) is 13.0 Å². The van der Waals surface area contributed by atoms with E-state index in [0.717, 1.165) is 77.0 Å². The Morgan fingerprint density at radius 2 is 0.983 bits per heavy atom. The summed E-state index contributed by atoms with van der Waals surface area (Å²) in [7, 11) is -4.62. The number of allylic oxidation sites excluding steroid dienone is 10. The SMILES string of the molecule is CC/C=C\C/C=C\C/C=C\C/C=C\CCCCCCCCCCC(=O)OC(COCCCCCCCC/C=C\CCCCCCCC)COP(=O)(O)OCC(N)C(=O)O. The van der Waals surface area contributed by atoms with Gasteiger partial charge in [0.1, 0.15) is 12.1 Å². The molecule has 0 saturated heterocycles. The molecule has 0 aliphatic carbocycles. The van der Waals surface area contributed by atoms with E-state index in [9.17, 15) is 19.0 Å². The van der Waals surface area contributed by atoms with E-state index < -0.39 is 45.1 Å². The highest BCUT2D eigenvalue weighted by molar-refractivity contribution is 7.47. The topological polar surface area (TPSA) is 155 Å². The molecule has 0 spiro atoms. The molecule has 3 atom stereocenters. The number of phosphoric acid groups is 1. The number of hydrogen-bond acceptors (Lipinski definition) is 8. The van der Waals surface area contributed by atoms with E-state index in [-0.39, 0.29) is 13.0 Å². The molecule has 0 aromatic carbocycles. The van der Waals surface area contributed by atoms with Crippen LogP contribution in [0.15, 0.2) is 60.8 Å². The van der Waals surface area contributed by atoms with Gasteiger partial charge in [-0.15, -0.1) is 0 Å². The third-order valence-corrected chi connectivity index (χ3v) is 10.7. The maximum absolute atomic E-state index is 12.7. The van der Waals surface area contributed by atoms with Crippen LogP contribution in [0.25, 0.3) is 0 Å². The number of aliphatic carboxylic acids is 1. The zero-order chi connectivity index (χ0) is 43.3. The Kier molecular flexibility index (Phi) is 42.0. The number of ether oxygens (including phenoxy) is 2. The predicted molar refractivity (Wildman–Crippen MR) is 244 cm³/mol. The fourth-order valence-electron chi connectivity index (χ4n) is 6.18. The largest absolute Gasteiger partial charge is 0.480 e. The van der Waals surface area contributed by atoms with Crippen molar-refractivity contribution in [2.45, 2.75) is 206 Å². The van der Waals surface area contributed by atoms with Crippen LogP contribution in [0.4, 0.5) is 0 Å². The summed E-state index contributed by atoms with van der Waals surface area (Å²) in [5, 5.41) is 8.91. The van der Waals surface area contributed by atoms with Crippen LogP contribution in [0.5, 0.6) is 0 Å². The highest BCUT2D eigenvalue weighted by Crippen LogP contribution is 2.43. The summed E-state index contributed by atoms with van der Waals surface area (Å²) in [6.07, 6.45) is 52.7. The number of hydrogen-bond donors (Lipinski definition) is 3. The highest BCUT2D eigenvalue weighted by Gasteiger charge is 2.27. The quantitative estimate of drug-likeness (QED) is 0.0233. The van der Waals surface area contributed by atoms with Gasteiger partial charge in [0.05, 0.1) is 19.8 Å². The number of phosphoric ester groups is 1. The van der Waals surface area contributed by atoms with Crippen molar-refractivity contribution in [1.29, 1.82) is 0 Å². The van der Waals surface area contributed by atoms with Gasteiger partial charge in [-0.05, 0) is 77.0 Å². The van der Waals surface area contributed by atoms with Crippen LogP contribution < -0.4 is 5.73 Å². The van der Waals surface area contributed by atoms with Crippen molar-refractivity contribution < 1.29 is 42.7 Å². The van der Waals surface area contributed by atoms with Crippen molar-refractivity contribution in [3.8, 4) is 0 Å². The molecule has 0 saturated carbocycles. The molecule has 4 N–H and O–H groups in total. The van der Waals surface area contributed by atoms with Crippen LogP contribution in [0.3, 0.4) is 0 Å². The monoisotopic (exact) mass is 852 g/mol. The molecule has 0 bridgehead atoms. The number of carbonyl (C=O) groups excluding carboxylic acids is 1. The summed E-state index contributed by atoms with van der Waals surface area (Å²) in [4.78, 5) is 33.6. The molecular formula is C48H86NO9P. The number of carboxylic acids is 1. The Morgan fingerprint density at radius 1 is 0.559 bits per heavy atom. The first-order valence-electron chi connectivity index (χ1n) is 23.3. The molecular weight excluding hydrogens is 766 g/mol. The van der Waals surface area contributed by atoms with Crippen molar-refractivity contribution in [2.75, 3.05) is 26.4 Å². The van der Waals surface area contributed by atoms with Crippen LogP contribution in [0.2, 0.25) is 0 Å². The Hall–Kier alpha value is -2.33. The molecule has 0 fully saturated rings. The molecule has 59 heavy (non-hydrogen) atoms. The molecule has 0 rings (SSSR count). The van der Waals surface area contributed by atoms with E-state index in [1.54, 1.807) is 0 Å². The van der Waals surface area contributed by atoms with Gasteiger partial charge >= 0.3 is 19.8 Å². The fourth-order valence-corrected chi connectivity index (χ4v) is 6.96. The lowest BCUT2D eigenvalue weighted by molar-refractivity contribution is -0.154. The normalized spacial score (nSPS) is 14.4. The van der Waals surface area contributed by atoms with Gasteiger partial charge in [0.15, 0.2) is 0 Å². The fraction of sp³-hybridized carbons (Fsp3) is 0.750. The maximum atomic E-state index is 12.7. The zero-order valence-corrected chi connectivity index (χ0v) is 38.2. The summed E-state index contributed by atoms with van der Waals surface area (Å²) < 4.78 is 33.4. The first kappa shape index (κ1) is 56.7. The van der Waals surface area contributed by atoms with Gasteiger partial charge < -0.3 is 25.2 Å². The van der Waals surface area contributed by atoms with Crippen LogP contribution in [-0.2, 0) is 32.7 Å². The molecule has 0 aromatic rings. The van der Waals surface area contributed by atoms with Crippen molar-refractivity contribution >= 4 is 19.8 Å². The minimum absolute atomic E-state index is 0.00768. The molecule has 0 amide bonds. The van der Waals surface area contributed by atoms with E-state index in [4.69, 9.17) is 29.4 Å². The second kappa shape index (κ2) is 43.7. The van der Waals surface area contributed by atoms with E-state index in [0.29, 0.717) is 13.0 Å². The summed E-state index contributed by atoms with van der Waals surface area (Å²) in [5.41, 5.74) is 5.36. The summed E-state index contributed by atoms with van der Waals surface area (Å²) in [5.74, 6) is -1.79. The molecule has 342 valence electrons. The predicted octanol–water partition coefficient (Wildman–Crippen LogP) is 13.2. The third kappa shape index (κ3) is 43.6. The lowest BCUT2D eigenvalue weighted by atomic mass is 10.1. The Bertz CT molecular complexity index is 1170. The Balaban J connectivity index is 4.22. The number of unbranched alkanes of at least 4 members (excludes halogenated alkanes) is 20. The molecule has 0 aromatic heterocycles. The van der Waals surface area contributed by atoms with Crippen LogP contribution in [0, 0.1) is 0 Å². The molecule has 0 radical (unpaired) electrons. The Morgan fingerprint density at radius 3 is 1.49 bits per heavy atom. The van der Waals surface area contributed by atoms with Gasteiger partial charge in [-0.3, -0.25) is 18.6 Å². The summed E-state index contributed by atoms with van der Waals surface area (Å²) >= 11 is 0. The minimum atomic E-state index is -4.62. The molecule has 0 aliphatic heterocycles. The zero-order valence-electron chi connectivity index (χ0n) is 37.3. The van der Waals surface area contributed by atoms with Crippen molar-refractivity contribution in [1.82, 2.24) is 0 Å². The van der Waals surface area contributed by atoms with Gasteiger partial charge in [-0.2, -0.15) is 0 Å². The van der Waals surface area contributed by atoms with E-state index in [1.807, 2.05) is 0 Å². The van der Waals surface area contributed by atoms with Gasteiger partial charge in [-0.1, -0.05) is 171 Å². The number of carboxylic acid groups (broad SMARTS) is 1. The van der Waals surface area contributed by atoms with Gasteiger partial charge in [0.2, 0.25) is 0 Å². The molecule has 11 heteroatoms. The van der Waals surface area contributed by atoms with Gasteiger partial charge in [0.25, 0.3) is 0 Å². The summed E-state index contributed by atoms with van der Waals surface area (Å²) in [6, 6.07) is -1.48. The van der Waals surface area contributed by atoms with Crippen LogP contribution in [0.1, 0.15) is 194 Å². The Labute approximate surface area is 360 Å². The van der Waals surface area contributed by atoms with Gasteiger partial charge in [-0.25, -0.2) is 4.57 Å². The van der Waals surface area contributed by atoms with Crippen LogP contribution in [-0.4, -0.2) is 60.5 Å². The molecule has 3 unspecified atom stereocenters. The second-order valence-corrected chi connectivity index (χ2v) is 17.0. The molecule has 0 aliphatic rings. The van der Waals surface area contributed by atoms with E-state index in [2.05, 4.69) is 74.6 Å². The minimum Gasteiger partial charge on any atom is -0.480 e. The average molecular weight is 852 g/mol. The third-order valence-electron chi connectivity index (χ3n) is 9.78. The number of esters is 1. The first-order chi connectivity index (χ1) is 28.7. The second-order valence-electron chi connectivity index (χ2n) is 15.5. The van der Waals surface area contributed by atoms with Crippen molar-refractivity contribution in [3.63, 3.8) is 0 Å². The van der Waals surface area contributed by atoms with Crippen molar-refractivity contribution in [2.24, 2.45) is 5.73 Å². The maximum Gasteiger partial charge on any atom is 0.472 e. The van der Waals surface area contributed by atoms with E-state index >= 15 is 0 Å². The standard InChI is InChI=1S/C48H86NO9P/c1-3-5-7-9-11-13-15-17-19-21-22-23-24-25-26-28-30-32-34-36-38-40-47(50)58-45(43-56-59(53,54)57-44-46(49)48(51)52)42-55-41-39-37-35-33-31-29-27-20-18-16-14-12-10-8-6-4-2/h5,7,11,13,17-20,22-23,45-46H,3-4,6,8-10,12,14-16,21,24-44,49H2,1-2H3,(H,51,52)(H,53,54)/b7-5-,13-11-,19-17-,20-18-,23-22-. The lowest BCUT2D eigenvalue weighted by Gasteiger charge is -2.20. The van der Waals surface area contributed by atoms with Crippen molar-refractivity contribution in [3.05, 3.63) is 60.8 Å². The smallest absolute Gasteiger partial charge is 0.472 e. The number of carbonyl (C=O) groups is 2. The van der Waals surface area contributed by atoms with E-state index in [1.165, 1.54) is 89.9 Å². The number of nitrogens with two attached hydrogens (primary N) is 1. The average Bonchev–Trinajstić information content (AvgIpc) is 3.21. The van der Waals surface area contributed by atoms with Crippen LogP contribution >= 0.6 is 7.82 Å². The lowest BCUT2D eigenvalue weighted by Crippen LogP contribution is -2.34. The molecule has 0 heterocycles. The summed E-state index contributed by atoms with van der Waals surface area (Å²) in [6.45, 7) is 3.75.